The highest BCUT2D eigenvalue weighted by atomic mass is 32.2. The van der Waals surface area contributed by atoms with Crippen LogP contribution >= 0.6 is 0 Å². The number of nitrogens with zero attached hydrogens (tertiary/aromatic N) is 2. The highest BCUT2D eigenvalue weighted by molar-refractivity contribution is 7.89. The summed E-state index contributed by atoms with van der Waals surface area (Å²) in [5, 5.41) is 0. The smallest absolute Gasteiger partial charge is 0.244 e. The molecule has 8 heteroatoms. The van der Waals surface area contributed by atoms with E-state index in [2.05, 4.69) is 4.98 Å². The van der Waals surface area contributed by atoms with Crippen LogP contribution in [0.5, 0.6) is 0 Å². The lowest BCUT2D eigenvalue weighted by atomic mass is 10.1. The fourth-order valence-corrected chi connectivity index (χ4v) is 4.06. The van der Waals surface area contributed by atoms with Crippen LogP contribution in [0.2, 0.25) is 0 Å². The standard InChI is InChI=1S/C12H15FN2O4S/c13-10-6-11(8-14-7-10)20(16,17)15-3-1-2-12(9-15)18-4-5-19-12/h6-8H,1-5,9H2. The highest BCUT2D eigenvalue weighted by Gasteiger charge is 2.44. The largest absolute Gasteiger partial charge is 0.346 e. The van der Waals surface area contributed by atoms with Crippen molar-refractivity contribution < 1.29 is 22.3 Å². The Morgan fingerprint density at radius 2 is 2.05 bits per heavy atom. The van der Waals surface area contributed by atoms with Crippen molar-refractivity contribution in [2.24, 2.45) is 0 Å². The number of pyridine rings is 1. The van der Waals surface area contributed by atoms with Crippen molar-refractivity contribution in [3.8, 4) is 0 Å². The maximum absolute atomic E-state index is 13.2. The molecule has 0 bridgehead atoms. The van der Waals surface area contributed by atoms with Gasteiger partial charge in [0.25, 0.3) is 0 Å². The maximum atomic E-state index is 13.2. The molecule has 20 heavy (non-hydrogen) atoms. The Labute approximate surface area is 116 Å². The van der Waals surface area contributed by atoms with Crippen molar-refractivity contribution in [3.63, 3.8) is 0 Å². The molecule has 1 spiro atoms. The Kier molecular flexibility index (Phi) is 3.49. The van der Waals surface area contributed by atoms with E-state index in [1.54, 1.807) is 0 Å². The van der Waals surface area contributed by atoms with Crippen molar-refractivity contribution in [2.75, 3.05) is 26.3 Å². The summed E-state index contributed by atoms with van der Waals surface area (Å²) < 4.78 is 50.5. The number of hydrogen-bond acceptors (Lipinski definition) is 5. The Morgan fingerprint density at radius 1 is 1.30 bits per heavy atom. The van der Waals surface area contributed by atoms with Gasteiger partial charge in [0, 0.05) is 19.2 Å². The van der Waals surface area contributed by atoms with E-state index in [-0.39, 0.29) is 11.4 Å². The van der Waals surface area contributed by atoms with Gasteiger partial charge >= 0.3 is 0 Å². The zero-order chi connectivity index (χ0) is 14.2. The van der Waals surface area contributed by atoms with Crippen LogP contribution in [0.1, 0.15) is 12.8 Å². The fourth-order valence-electron chi connectivity index (χ4n) is 2.57. The van der Waals surface area contributed by atoms with E-state index in [1.165, 1.54) is 4.31 Å². The molecule has 0 unspecified atom stereocenters. The van der Waals surface area contributed by atoms with Crippen LogP contribution in [-0.2, 0) is 19.5 Å². The molecule has 3 heterocycles. The summed E-state index contributed by atoms with van der Waals surface area (Å²) in [4.78, 5) is 3.45. The predicted octanol–water partition coefficient (Wildman–Crippen LogP) is 0.748. The first-order chi connectivity index (χ1) is 9.52. The average Bonchev–Trinajstić information content (AvgIpc) is 2.87. The second-order valence-electron chi connectivity index (χ2n) is 4.89. The van der Waals surface area contributed by atoms with E-state index in [0.29, 0.717) is 32.6 Å². The number of piperidine rings is 1. The second kappa shape index (κ2) is 5.03. The minimum absolute atomic E-state index is 0.131. The summed E-state index contributed by atoms with van der Waals surface area (Å²) in [5.41, 5.74) is 0. The molecule has 2 aliphatic heterocycles. The summed E-state index contributed by atoms with van der Waals surface area (Å²) in [7, 11) is -3.78. The van der Waals surface area contributed by atoms with Crippen molar-refractivity contribution in [3.05, 3.63) is 24.3 Å². The van der Waals surface area contributed by atoms with Crippen LogP contribution < -0.4 is 0 Å². The quantitative estimate of drug-likeness (QED) is 0.806. The molecule has 0 aliphatic carbocycles. The van der Waals surface area contributed by atoms with Gasteiger partial charge in [-0.3, -0.25) is 4.98 Å². The van der Waals surface area contributed by atoms with Crippen LogP contribution in [0, 0.1) is 5.82 Å². The normalized spacial score (nSPS) is 23.2. The van der Waals surface area contributed by atoms with Gasteiger partial charge in [-0.05, 0) is 12.5 Å². The molecule has 3 rings (SSSR count). The van der Waals surface area contributed by atoms with Crippen molar-refractivity contribution in [2.45, 2.75) is 23.5 Å². The van der Waals surface area contributed by atoms with E-state index < -0.39 is 21.6 Å². The molecule has 0 aromatic carbocycles. The van der Waals surface area contributed by atoms with Crippen LogP contribution in [0.4, 0.5) is 4.39 Å². The maximum Gasteiger partial charge on any atom is 0.244 e. The van der Waals surface area contributed by atoms with Gasteiger partial charge in [-0.1, -0.05) is 0 Å². The van der Waals surface area contributed by atoms with Crippen LogP contribution in [-0.4, -0.2) is 49.8 Å². The molecule has 2 saturated heterocycles. The van der Waals surface area contributed by atoms with E-state index >= 15 is 0 Å². The Morgan fingerprint density at radius 3 is 2.75 bits per heavy atom. The lowest BCUT2D eigenvalue weighted by Gasteiger charge is -2.37. The van der Waals surface area contributed by atoms with Gasteiger partial charge in [0.05, 0.1) is 26.0 Å². The lowest BCUT2D eigenvalue weighted by molar-refractivity contribution is -0.179. The third kappa shape index (κ3) is 2.44. The third-order valence-corrected chi connectivity index (χ3v) is 5.32. The number of hydrogen-bond donors (Lipinski definition) is 0. The molecule has 0 amide bonds. The molecule has 0 radical (unpaired) electrons. The summed E-state index contributed by atoms with van der Waals surface area (Å²) in [5.74, 6) is -1.52. The number of rotatable bonds is 2. The first-order valence-electron chi connectivity index (χ1n) is 6.41. The topological polar surface area (TPSA) is 68.7 Å². The zero-order valence-corrected chi connectivity index (χ0v) is 11.6. The van der Waals surface area contributed by atoms with Crippen molar-refractivity contribution >= 4 is 10.0 Å². The highest BCUT2D eigenvalue weighted by Crippen LogP contribution is 2.32. The van der Waals surface area contributed by atoms with Crippen molar-refractivity contribution in [1.29, 1.82) is 0 Å². The first kappa shape index (κ1) is 13.9. The van der Waals surface area contributed by atoms with Gasteiger partial charge in [0.15, 0.2) is 5.79 Å². The SMILES string of the molecule is O=S(=O)(c1cncc(F)c1)N1CCCC2(C1)OCCO2. The molecule has 6 nitrogen and oxygen atoms in total. The van der Waals surface area contributed by atoms with Gasteiger partial charge in [-0.25, -0.2) is 12.8 Å². The molecule has 1 aromatic heterocycles. The molecule has 2 aliphatic rings. The van der Waals surface area contributed by atoms with E-state index in [4.69, 9.17) is 9.47 Å². The number of aromatic nitrogens is 1. The van der Waals surface area contributed by atoms with Crippen LogP contribution in [0.25, 0.3) is 0 Å². The van der Waals surface area contributed by atoms with Crippen LogP contribution in [0.15, 0.2) is 23.4 Å². The average molecular weight is 302 g/mol. The summed E-state index contributed by atoms with van der Waals surface area (Å²) >= 11 is 0. The Bertz CT molecular complexity index is 601. The molecule has 0 atom stereocenters. The number of halogens is 1. The van der Waals surface area contributed by atoms with E-state index in [9.17, 15) is 12.8 Å². The Hall–Kier alpha value is -1.09. The van der Waals surface area contributed by atoms with Gasteiger partial charge in [-0.15, -0.1) is 0 Å². The lowest BCUT2D eigenvalue weighted by Crippen LogP contribution is -2.50. The van der Waals surface area contributed by atoms with Gasteiger partial charge in [-0.2, -0.15) is 4.31 Å². The zero-order valence-electron chi connectivity index (χ0n) is 10.8. The minimum atomic E-state index is -3.78. The molecular weight excluding hydrogens is 287 g/mol. The number of ether oxygens (including phenoxy) is 2. The molecule has 0 saturated carbocycles. The third-order valence-electron chi connectivity index (χ3n) is 3.51. The summed E-state index contributed by atoms with van der Waals surface area (Å²) in [6.45, 7) is 1.43. The van der Waals surface area contributed by atoms with Gasteiger partial charge < -0.3 is 9.47 Å². The van der Waals surface area contributed by atoms with Crippen molar-refractivity contribution in [1.82, 2.24) is 9.29 Å². The van der Waals surface area contributed by atoms with E-state index in [0.717, 1.165) is 18.5 Å². The fraction of sp³-hybridized carbons (Fsp3) is 0.583. The van der Waals surface area contributed by atoms with Crippen LogP contribution in [0.3, 0.4) is 0 Å². The summed E-state index contributed by atoms with van der Waals surface area (Å²) in [6, 6.07) is 0.972. The predicted molar refractivity (Wildman–Crippen MR) is 66.8 cm³/mol. The van der Waals surface area contributed by atoms with Gasteiger partial charge in [0.2, 0.25) is 10.0 Å². The number of sulfonamides is 1. The second-order valence-corrected chi connectivity index (χ2v) is 6.83. The molecule has 110 valence electrons. The van der Waals surface area contributed by atoms with Gasteiger partial charge in [0.1, 0.15) is 10.7 Å². The minimum Gasteiger partial charge on any atom is -0.346 e. The first-order valence-corrected chi connectivity index (χ1v) is 7.85. The molecule has 2 fully saturated rings. The Balaban J connectivity index is 1.87. The summed E-state index contributed by atoms with van der Waals surface area (Å²) in [6.07, 6.45) is 3.43. The molecule has 0 N–H and O–H groups in total. The monoisotopic (exact) mass is 302 g/mol. The molecule has 1 aromatic rings. The van der Waals surface area contributed by atoms with E-state index in [1.807, 2.05) is 0 Å². The molecular formula is C12H15FN2O4S.